The largest absolute Gasteiger partial charge is 0.507 e. The van der Waals surface area contributed by atoms with Crippen LogP contribution in [0, 0.1) is 13.8 Å². The number of hydrogen-bond acceptors (Lipinski definition) is 1. The topological polar surface area (TPSA) is 20.2 Å². The first-order valence-electron chi connectivity index (χ1n) is 20.9. The maximum Gasteiger partial charge on any atom is 0.121 e. The predicted octanol–water partition coefficient (Wildman–Crippen LogP) is 15.8. The van der Waals surface area contributed by atoms with Gasteiger partial charge in [0.05, 0.1) is 0 Å². The molecule has 0 bridgehead atoms. The van der Waals surface area contributed by atoms with E-state index < -0.39 is 0 Å². The van der Waals surface area contributed by atoms with Crippen LogP contribution in [-0.4, -0.2) is 5.11 Å². The van der Waals surface area contributed by atoms with Gasteiger partial charge in [0.25, 0.3) is 0 Å². The van der Waals surface area contributed by atoms with E-state index >= 15 is 0 Å². The van der Waals surface area contributed by atoms with Gasteiger partial charge in [-0.1, -0.05) is 231 Å². The van der Waals surface area contributed by atoms with Crippen molar-refractivity contribution in [2.75, 3.05) is 0 Å². The molecule has 0 radical (unpaired) electrons. The fraction of sp³-hybridized carbons (Fsp3) is 0.864. The number of phenolic OH excluding ortho intramolecular Hbond substituents is 1. The fourth-order valence-electron chi connectivity index (χ4n) is 7.25. The highest BCUT2D eigenvalue weighted by atomic mass is 16.3. The molecule has 1 aromatic carbocycles. The summed E-state index contributed by atoms with van der Waals surface area (Å²) < 4.78 is 0. The first-order valence-corrected chi connectivity index (χ1v) is 20.9. The van der Waals surface area contributed by atoms with Crippen molar-refractivity contribution in [2.45, 2.75) is 245 Å². The van der Waals surface area contributed by atoms with Crippen LogP contribution in [0.1, 0.15) is 242 Å². The average Bonchev–Trinajstić information content (AvgIpc) is 3.03. The zero-order valence-corrected chi connectivity index (χ0v) is 31.4. The summed E-state index contributed by atoms with van der Waals surface area (Å²) in [4.78, 5) is 0. The Morgan fingerprint density at radius 2 is 0.533 bits per heavy atom. The van der Waals surface area contributed by atoms with Crippen LogP contribution in [0.4, 0.5) is 0 Å². The van der Waals surface area contributed by atoms with Crippen molar-refractivity contribution >= 4 is 0 Å². The van der Waals surface area contributed by atoms with Gasteiger partial charge in [-0.05, 0) is 43.4 Å². The lowest BCUT2D eigenvalue weighted by Gasteiger charge is -2.08. The molecular weight excluding hydrogens is 544 g/mol. The van der Waals surface area contributed by atoms with Crippen LogP contribution in [0.25, 0.3) is 0 Å². The minimum Gasteiger partial charge on any atom is -0.507 e. The summed E-state index contributed by atoms with van der Waals surface area (Å²) in [5.74, 6) is 0.468. The van der Waals surface area contributed by atoms with E-state index in [1.54, 1.807) is 0 Å². The lowest BCUT2D eigenvalue weighted by atomic mass is 10.00. The van der Waals surface area contributed by atoms with Gasteiger partial charge in [0, 0.05) is 0 Å². The monoisotopic (exact) mass is 627 g/mol. The zero-order chi connectivity index (χ0) is 32.5. The van der Waals surface area contributed by atoms with Crippen molar-refractivity contribution in [3.05, 3.63) is 28.8 Å². The summed E-state index contributed by atoms with van der Waals surface area (Å²) in [6.07, 6.45) is 50.7. The van der Waals surface area contributed by atoms with Crippen LogP contribution in [0.15, 0.2) is 12.1 Å². The van der Waals surface area contributed by atoms with Gasteiger partial charge in [0.2, 0.25) is 0 Å². The molecule has 0 atom stereocenters. The molecule has 0 aliphatic carbocycles. The third-order valence-electron chi connectivity index (χ3n) is 10.4. The van der Waals surface area contributed by atoms with Crippen molar-refractivity contribution < 1.29 is 5.11 Å². The smallest absolute Gasteiger partial charge is 0.121 e. The highest BCUT2D eigenvalue weighted by Crippen LogP contribution is 2.24. The molecule has 0 saturated carbocycles. The molecule has 0 heterocycles. The van der Waals surface area contributed by atoms with E-state index in [2.05, 4.69) is 19.1 Å². The number of rotatable bonds is 35. The first-order chi connectivity index (χ1) is 22.1. The van der Waals surface area contributed by atoms with Gasteiger partial charge in [-0.2, -0.15) is 0 Å². The Balaban J connectivity index is 1.66. The number of benzene rings is 1. The van der Waals surface area contributed by atoms with Crippen molar-refractivity contribution in [1.29, 1.82) is 0 Å². The molecule has 1 heteroatoms. The molecule has 0 aliphatic rings. The Kier molecular flexibility index (Phi) is 30.8. The third kappa shape index (κ3) is 27.8. The Bertz CT molecular complexity index is 713. The van der Waals surface area contributed by atoms with Gasteiger partial charge in [-0.15, -0.1) is 0 Å². The van der Waals surface area contributed by atoms with Crippen LogP contribution < -0.4 is 0 Å². The third-order valence-corrected chi connectivity index (χ3v) is 10.4. The van der Waals surface area contributed by atoms with E-state index in [4.69, 9.17) is 0 Å². The van der Waals surface area contributed by atoms with E-state index in [1.165, 1.54) is 224 Å². The summed E-state index contributed by atoms with van der Waals surface area (Å²) in [7, 11) is 0. The van der Waals surface area contributed by atoms with E-state index in [0.29, 0.717) is 5.75 Å². The minimum absolute atomic E-state index is 0.468. The second-order valence-corrected chi connectivity index (χ2v) is 15.0. The lowest BCUT2D eigenvalue weighted by molar-refractivity contribution is 0.466. The maximum absolute atomic E-state index is 9.93. The van der Waals surface area contributed by atoms with E-state index in [0.717, 1.165) is 17.5 Å². The molecule has 1 rings (SSSR count). The molecule has 0 aromatic heterocycles. The van der Waals surface area contributed by atoms with Gasteiger partial charge in [-0.3, -0.25) is 0 Å². The summed E-state index contributed by atoms with van der Waals surface area (Å²) in [5.41, 5.74) is 3.43. The Hall–Kier alpha value is -0.980. The average molecular weight is 627 g/mol. The second-order valence-electron chi connectivity index (χ2n) is 15.0. The Labute approximate surface area is 284 Å². The molecule has 45 heavy (non-hydrogen) atoms. The molecule has 0 spiro atoms. The van der Waals surface area contributed by atoms with Gasteiger partial charge in [0.15, 0.2) is 0 Å². The van der Waals surface area contributed by atoms with Crippen LogP contribution in [0.5, 0.6) is 5.75 Å². The van der Waals surface area contributed by atoms with Gasteiger partial charge < -0.3 is 5.11 Å². The number of aromatic hydroxyl groups is 1. The quantitative estimate of drug-likeness (QED) is 0.0743. The molecule has 0 amide bonds. The molecule has 264 valence electrons. The molecule has 1 nitrogen and oxygen atoms in total. The van der Waals surface area contributed by atoms with Gasteiger partial charge >= 0.3 is 0 Å². The Morgan fingerprint density at radius 1 is 0.333 bits per heavy atom. The van der Waals surface area contributed by atoms with E-state index in [-0.39, 0.29) is 0 Å². The molecule has 0 aliphatic heterocycles. The van der Waals surface area contributed by atoms with E-state index in [9.17, 15) is 5.11 Å². The van der Waals surface area contributed by atoms with Crippen molar-refractivity contribution in [2.24, 2.45) is 0 Å². The number of hydrogen-bond donors (Lipinski definition) is 1. The van der Waals surface area contributed by atoms with Crippen LogP contribution in [0.2, 0.25) is 0 Å². The second kappa shape index (κ2) is 32.9. The van der Waals surface area contributed by atoms with Gasteiger partial charge in [0.1, 0.15) is 5.75 Å². The minimum atomic E-state index is 0.468. The maximum atomic E-state index is 9.93. The van der Waals surface area contributed by atoms with Crippen molar-refractivity contribution in [3.63, 3.8) is 0 Å². The number of phenols is 1. The van der Waals surface area contributed by atoms with Crippen molar-refractivity contribution in [1.82, 2.24) is 0 Å². The highest BCUT2D eigenvalue weighted by Gasteiger charge is 2.03. The molecule has 1 N–H and O–H groups in total. The molecule has 1 aromatic rings. The summed E-state index contributed by atoms with van der Waals surface area (Å²) >= 11 is 0. The molecule has 0 unspecified atom stereocenters. The molecular formula is C44H82O. The highest BCUT2D eigenvalue weighted by molar-refractivity contribution is 5.42. The summed E-state index contributed by atoms with van der Waals surface area (Å²) in [5, 5.41) is 9.93. The summed E-state index contributed by atoms with van der Waals surface area (Å²) in [6.45, 7) is 6.33. The van der Waals surface area contributed by atoms with E-state index in [1.807, 2.05) is 13.8 Å². The normalized spacial score (nSPS) is 11.5. The Morgan fingerprint density at radius 3 is 0.756 bits per heavy atom. The lowest BCUT2D eigenvalue weighted by Crippen LogP contribution is -1.90. The standard InChI is InChI=1S/C44H82O/c1-4-5-6-7-8-9-10-11-12-13-14-15-16-17-18-19-20-21-22-23-24-25-26-27-28-29-30-31-32-33-34-35-36-37-38-43-39-41(2)44(45)42(3)40-43/h39-40,45H,4-38H2,1-3H3. The SMILES string of the molecule is CCCCCCCCCCCCCCCCCCCCCCCCCCCCCCCCCCCCc1cc(C)c(O)c(C)c1. The predicted molar refractivity (Wildman–Crippen MR) is 204 cm³/mol. The van der Waals surface area contributed by atoms with Crippen LogP contribution in [-0.2, 0) is 6.42 Å². The number of aryl methyl sites for hydroxylation is 3. The fourth-order valence-corrected chi connectivity index (χ4v) is 7.25. The molecule has 0 fully saturated rings. The van der Waals surface area contributed by atoms with Crippen molar-refractivity contribution in [3.8, 4) is 5.75 Å². The van der Waals surface area contributed by atoms with Crippen LogP contribution in [0.3, 0.4) is 0 Å². The number of unbranched alkanes of at least 4 members (excludes halogenated alkanes) is 33. The first kappa shape index (κ1) is 42.0. The molecule has 0 saturated heterocycles. The summed E-state index contributed by atoms with van der Waals surface area (Å²) in [6, 6.07) is 4.32. The van der Waals surface area contributed by atoms with Gasteiger partial charge in [-0.25, -0.2) is 0 Å². The zero-order valence-electron chi connectivity index (χ0n) is 31.4. The van der Waals surface area contributed by atoms with Crippen LogP contribution >= 0.6 is 0 Å².